The molecule has 0 fully saturated rings. The number of furan rings is 2. The molecule has 9 aromatic carbocycles. The van der Waals surface area contributed by atoms with Gasteiger partial charge in [0, 0.05) is 43.7 Å². The lowest BCUT2D eigenvalue weighted by atomic mass is 9.95. The van der Waals surface area contributed by atoms with Gasteiger partial charge < -0.3 is 13.7 Å². The first-order chi connectivity index (χ1) is 27.3. The maximum Gasteiger partial charge on any atom is 0.143 e. The van der Waals surface area contributed by atoms with E-state index in [9.17, 15) is 0 Å². The zero-order valence-corrected chi connectivity index (χ0v) is 29.8. The Hall–Kier alpha value is -7.36. The van der Waals surface area contributed by atoms with Crippen molar-refractivity contribution >= 4 is 71.7 Å². The highest BCUT2D eigenvalue weighted by molar-refractivity contribution is 6.20. The van der Waals surface area contributed by atoms with E-state index in [0.29, 0.717) is 0 Å². The molecule has 258 valence electrons. The van der Waals surface area contributed by atoms with Crippen LogP contribution in [0.25, 0.3) is 88.0 Å². The summed E-state index contributed by atoms with van der Waals surface area (Å²) >= 11 is 0. The molecule has 0 aliphatic rings. The lowest BCUT2D eigenvalue weighted by molar-refractivity contribution is 0.669. The molecule has 0 aliphatic carbocycles. The lowest BCUT2D eigenvalue weighted by Gasteiger charge is -2.30. The second-order valence-corrected chi connectivity index (χ2v) is 14.0. The van der Waals surface area contributed by atoms with Crippen LogP contribution in [-0.2, 0) is 0 Å². The van der Waals surface area contributed by atoms with Gasteiger partial charge in [-0.15, -0.1) is 0 Å². The van der Waals surface area contributed by atoms with Crippen LogP contribution in [0.1, 0.15) is 0 Å². The zero-order valence-electron chi connectivity index (χ0n) is 29.8. The van der Waals surface area contributed by atoms with Crippen molar-refractivity contribution in [2.45, 2.75) is 0 Å². The van der Waals surface area contributed by atoms with Crippen molar-refractivity contribution in [3.05, 3.63) is 200 Å². The molecule has 2 aromatic heterocycles. The van der Waals surface area contributed by atoms with Gasteiger partial charge in [0.2, 0.25) is 0 Å². The van der Waals surface area contributed by atoms with E-state index < -0.39 is 0 Å². The van der Waals surface area contributed by atoms with E-state index in [1.165, 1.54) is 5.39 Å². The minimum absolute atomic E-state index is 0.876. The van der Waals surface area contributed by atoms with Gasteiger partial charge >= 0.3 is 0 Å². The van der Waals surface area contributed by atoms with Crippen molar-refractivity contribution in [2.24, 2.45) is 0 Å². The zero-order chi connectivity index (χ0) is 36.3. The molecule has 11 aromatic rings. The molecule has 0 amide bonds. The van der Waals surface area contributed by atoms with Crippen LogP contribution in [0.2, 0.25) is 0 Å². The summed E-state index contributed by atoms with van der Waals surface area (Å²) in [5.74, 6) is 0. The summed E-state index contributed by atoms with van der Waals surface area (Å²) in [7, 11) is 0. The number of fused-ring (bicyclic) bond motifs is 8. The molecular formula is C52H33NO2. The minimum atomic E-state index is 0.876. The quantitative estimate of drug-likeness (QED) is 0.173. The Morgan fingerprint density at radius 3 is 1.82 bits per heavy atom. The Bertz CT molecular complexity index is 3210. The number of anilines is 3. The molecule has 3 heteroatoms. The number of hydrogen-bond acceptors (Lipinski definition) is 3. The van der Waals surface area contributed by atoms with E-state index in [1.54, 1.807) is 0 Å². The monoisotopic (exact) mass is 703 g/mol. The Labute approximate surface area is 317 Å². The van der Waals surface area contributed by atoms with Gasteiger partial charge in [0.25, 0.3) is 0 Å². The fraction of sp³-hybridized carbons (Fsp3) is 0. The first kappa shape index (κ1) is 31.2. The normalized spacial score (nSPS) is 11.6. The molecule has 0 bridgehead atoms. The molecule has 0 radical (unpaired) electrons. The molecule has 0 atom stereocenters. The number of benzene rings is 9. The molecule has 0 spiro atoms. The second-order valence-electron chi connectivity index (χ2n) is 14.0. The van der Waals surface area contributed by atoms with Crippen LogP contribution in [0.4, 0.5) is 17.1 Å². The van der Waals surface area contributed by atoms with E-state index in [4.69, 9.17) is 8.83 Å². The summed E-state index contributed by atoms with van der Waals surface area (Å²) in [6.45, 7) is 0. The molecule has 3 nitrogen and oxygen atoms in total. The highest BCUT2D eigenvalue weighted by Crippen LogP contribution is 2.48. The molecular weight excluding hydrogens is 671 g/mol. The fourth-order valence-electron chi connectivity index (χ4n) is 8.32. The van der Waals surface area contributed by atoms with E-state index in [-0.39, 0.29) is 0 Å². The van der Waals surface area contributed by atoms with Crippen molar-refractivity contribution in [1.29, 1.82) is 0 Å². The molecule has 0 unspecified atom stereocenters. The van der Waals surface area contributed by atoms with Crippen molar-refractivity contribution in [1.82, 2.24) is 0 Å². The van der Waals surface area contributed by atoms with Gasteiger partial charge in [0.15, 0.2) is 0 Å². The van der Waals surface area contributed by atoms with Crippen LogP contribution in [0, 0.1) is 0 Å². The summed E-state index contributed by atoms with van der Waals surface area (Å²) in [6, 6.07) is 71.0. The smallest absolute Gasteiger partial charge is 0.143 e. The fourth-order valence-corrected chi connectivity index (χ4v) is 8.32. The number of para-hydroxylation sites is 3. The Morgan fingerprint density at radius 1 is 0.327 bits per heavy atom. The maximum atomic E-state index is 6.66. The van der Waals surface area contributed by atoms with E-state index in [2.05, 4.69) is 193 Å². The lowest BCUT2D eigenvalue weighted by Crippen LogP contribution is -2.12. The predicted octanol–water partition coefficient (Wildman–Crippen LogP) is 15.1. The van der Waals surface area contributed by atoms with Gasteiger partial charge in [-0.3, -0.25) is 0 Å². The topological polar surface area (TPSA) is 29.5 Å². The molecule has 0 aliphatic heterocycles. The summed E-state index contributed by atoms with van der Waals surface area (Å²) in [5, 5.41) is 6.77. The largest absolute Gasteiger partial charge is 0.456 e. The molecule has 0 saturated heterocycles. The van der Waals surface area contributed by atoms with Crippen LogP contribution >= 0.6 is 0 Å². The van der Waals surface area contributed by atoms with Gasteiger partial charge in [0.1, 0.15) is 22.3 Å². The Kier molecular flexibility index (Phi) is 7.17. The number of hydrogen-bond donors (Lipinski definition) is 0. The van der Waals surface area contributed by atoms with Crippen molar-refractivity contribution in [3.8, 4) is 33.4 Å². The van der Waals surface area contributed by atoms with Crippen molar-refractivity contribution < 1.29 is 8.83 Å². The molecule has 11 rings (SSSR count). The van der Waals surface area contributed by atoms with Gasteiger partial charge in [-0.1, -0.05) is 146 Å². The molecule has 55 heavy (non-hydrogen) atoms. The summed E-state index contributed by atoms with van der Waals surface area (Å²) < 4.78 is 12.8. The molecule has 0 saturated carbocycles. The predicted molar refractivity (Wildman–Crippen MR) is 229 cm³/mol. The first-order valence-corrected chi connectivity index (χ1v) is 18.7. The van der Waals surface area contributed by atoms with Gasteiger partial charge in [-0.2, -0.15) is 0 Å². The highest BCUT2D eigenvalue weighted by atomic mass is 16.3. The molecule has 2 heterocycles. The highest BCUT2D eigenvalue weighted by Gasteiger charge is 2.23. The van der Waals surface area contributed by atoms with Crippen LogP contribution in [0.15, 0.2) is 209 Å². The third-order valence-electron chi connectivity index (χ3n) is 10.9. The average Bonchev–Trinajstić information content (AvgIpc) is 3.83. The van der Waals surface area contributed by atoms with Gasteiger partial charge in [-0.25, -0.2) is 0 Å². The standard InChI is InChI=1S/C52H33NO2/c1-2-13-35(14-3-1)39-16-6-9-21-46(39)53(38-29-25-34(26-30-38)37-28-32-49-45(33-37)42-19-8-11-23-48(42)54-49)47-22-10-7-18-41(47)43-20-12-24-50-51(43)44-31-27-36-15-4-5-17-40(36)52(44)55-50/h1-33H. The SMILES string of the molecule is c1ccc(-c2ccccc2N(c2ccc(-c3ccc4oc5ccccc5c4c3)cc2)c2ccccc2-c2cccc3oc4c5ccccc5ccc4c23)cc1. The van der Waals surface area contributed by atoms with Crippen LogP contribution < -0.4 is 4.90 Å². The summed E-state index contributed by atoms with van der Waals surface area (Å²) in [6.07, 6.45) is 0. The maximum absolute atomic E-state index is 6.66. The van der Waals surface area contributed by atoms with E-state index >= 15 is 0 Å². The van der Waals surface area contributed by atoms with Crippen LogP contribution in [0.3, 0.4) is 0 Å². The summed E-state index contributed by atoms with van der Waals surface area (Å²) in [4.78, 5) is 2.41. The third kappa shape index (κ3) is 5.13. The molecule has 0 N–H and O–H groups in total. The number of rotatable bonds is 6. The first-order valence-electron chi connectivity index (χ1n) is 18.7. The Morgan fingerprint density at radius 2 is 0.964 bits per heavy atom. The third-order valence-corrected chi connectivity index (χ3v) is 10.9. The van der Waals surface area contributed by atoms with Crippen LogP contribution in [0.5, 0.6) is 0 Å². The van der Waals surface area contributed by atoms with Gasteiger partial charge in [0.05, 0.1) is 11.4 Å². The van der Waals surface area contributed by atoms with Crippen LogP contribution in [-0.4, -0.2) is 0 Å². The Balaban J connectivity index is 1.11. The van der Waals surface area contributed by atoms with Gasteiger partial charge in [-0.05, 0) is 82.2 Å². The average molecular weight is 704 g/mol. The minimum Gasteiger partial charge on any atom is -0.456 e. The van der Waals surface area contributed by atoms with Crippen molar-refractivity contribution in [3.63, 3.8) is 0 Å². The van der Waals surface area contributed by atoms with Crippen molar-refractivity contribution in [2.75, 3.05) is 4.90 Å². The second kappa shape index (κ2) is 12.6. The summed E-state index contributed by atoms with van der Waals surface area (Å²) in [5.41, 5.74) is 13.7. The number of nitrogens with zero attached hydrogens (tertiary/aromatic N) is 1. The van der Waals surface area contributed by atoms with E-state index in [0.717, 1.165) is 99.7 Å². The van der Waals surface area contributed by atoms with E-state index in [1.807, 2.05) is 12.1 Å².